The fourth-order valence-corrected chi connectivity index (χ4v) is 3.93. The van der Waals surface area contributed by atoms with Gasteiger partial charge in [-0.25, -0.2) is 9.59 Å². The van der Waals surface area contributed by atoms with Crippen LogP contribution in [0.15, 0.2) is 35.5 Å². The number of carbonyl (C=O) groups is 2. The van der Waals surface area contributed by atoms with E-state index in [2.05, 4.69) is 16.0 Å². The number of hydrogen-bond donors (Lipinski definition) is 3. The molecule has 1 aliphatic carbocycles. The second-order valence-electron chi connectivity index (χ2n) is 7.26. The molecule has 1 aromatic rings. The maximum absolute atomic E-state index is 12.8. The molecule has 7 heteroatoms. The van der Waals surface area contributed by atoms with Crippen LogP contribution in [0.1, 0.15) is 50.6 Å². The maximum Gasteiger partial charge on any atom is 0.338 e. The van der Waals surface area contributed by atoms with Crippen LogP contribution in [0.4, 0.5) is 4.79 Å². The van der Waals surface area contributed by atoms with Gasteiger partial charge < -0.3 is 25.4 Å². The van der Waals surface area contributed by atoms with E-state index in [-0.39, 0.29) is 12.6 Å². The van der Waals surface area contributed by atoms with Crippen molar-refractivity contribution in [1.29, 1.82) is 0 Å². The van der Waals surface area contributed by atoms with Crippen LogP contribution in [-0.2, 0) is 9.53 Å². The summed E-state index contributed by atoms with van der Waals surface area (Å²) < 4.78 is 10.5. The van der Waals surface area contributed by atoms with Crippen LogP contribution in [0, 0.1) is 0 Å². The van der Waals surface area contributed by atoms with Gasteiger partial charge in [0.2, 0.25) is 0 Å². The number of methoxy groups -OCH3 is 1. The van der Waals surface area contributed by atoms with E-state index in [9.17, 15) is 9.59 Å². The minimum Gasteiger partial charge on any atom is -0.497 e. The summed E-state index contributed by atoms with van der Waals surface area (Å²) in [6.07, 6.45) is 6.13. The molecule has 1 aromatic carbocycles. The van der Waals surface area contributed by atoms with E-state index in [1.807, 2.05) is 24.3 Å². The summed E-state index contributed by atoms with van der Waals surface area (Å²) in [4.78, 5) is 25.1. The van der Waals surface area contributed by atoms with Gasteiger partial charge in [0.1, 0.15) is 12.3 Å². The van der Waals surface area contributed by atoms with E-state index in [1.165, 1.54) is 32.1 Å². The largest absolute Gasteiger partial charge is 0.497 e. The summed E-state index contributed by atoms with van der Waals surface area (Å²) in [5.74, 6) is 0.319. The molecule has 7 nitrogen and oxygen atoms in total. The molecule has 3 rings (SSSR count). The maximum atomic E-state index is 12.8. The molecule has 28 heavy (non-hydrogen) atoms. The van der Waals surface area contributed by atoms with Gasteiger partial charge in [-0.15, -0.1) is 0 Å². The third-order valence-corrected chi connectivity index (χ3v) is 5.40. The third kappa shape index (κ3) is 4.84. The molecule has 0 aromatic heterocycles. The van der Waals surface area contributed by atoms with Crippen LogP contribution in [0.5, 0.6) is 5.75 Å². The van der Waals surface area contributed by atoms with Gasteiger partial charge in [-0.2, -0.15) is 0 Å². The number of ether oxygens (including phenoxy) is 2. The number of amides is 2. The molecule has 2 amide bonds. The molecule has 1 heterocycles. The summed E-state index contributed by atoms with van der Waals surface area (Å²) in [5, 5.41) is 7.94. The van der Waals surface area contributed by atoms with Crippen LogP contribution in [0.25, 0.3) is 0 Å². The number of esters is 1. The number of nitrogens with two attached hydrogens (primary N) is 1. The molecule has 1 fully saturated rings. The lowest BCUT2D eigenvalue weighted by molar-refractivity contribution is -0.685. The van der Waals surface area contributed by atoms with Crippen LogP contribution in [0.2, 0.25) is 0 Å². The van der Waals surface area contributed by atoms with Gasteiger partial charge in [0.05, 0.1) is 37.1 Å². The van der Waals surface area contributed by atoms with E-state index in [0.29, 0.717) is 23.9 Å². The lowest BCUT2D eigenvalue weighted by Gasteiger charge is -2.29. The third-order valence-electron chi connectivity index (χ3n) is 5.40. The molecule has 1 saturated carbocycles. The normalized spacial score (nSPS) is 20.4. The Morgan fingerprint density at radius 2 is 1.89 bits per heavy atom. The molecule has 0 saturated heterocycles. The quantitative estimate of drug-likeness (QED) is 0.621. The van der Waals surface area contributed by atoms with Crippen molar-refractivity contribution in [1.82, 2.24) is 10.6 Å². The van der Waals surface area contributed by atoms with Crippen molar-refractivity contribution < 1.29 is 24.4 Å². The Kier molecular flexibility index (Phi) is 6.92. The summed E-state index contributed by atoms with van der Waals surface area (Å²) in [6, 6.07) is 7.04. The SMILES string of the molecule is CCOC(=O)C1=C(C[NH2+]C2CCCCC2)NC(=O)N[C@@H]1c1ccc(OC)cc1. The molecule has 0 spiro atoms. The first kappa shape index (κ1) is 20.2. The van der Waals surface area contributed by atoms with Crippen LogP contribution in [0.3, 0.4) is 0 Å². The fraction of sp³-hybridized carbons (Fsp3) is 0.524. The lowest BCUT2D eigenvalue weighted by Crippen LogP contribution is -2.91. The Balaban J connectivity index is 1.88. The Morgan fingerprint density at radius 3 is 2.54 bits per heavy atom. The standard InChI is InChI=1S/C21H29N3O4/c1-3-28-20(25)18-17(13-22-15-7-5-4-6-8-15)23-21(26)24-19(18)14-9-11-16(27-2)12-10-14/h9-12,15,19,22H,3-8,13H2,1-2H3,(H2,23,24,26)/p+1/t19-/m1/s1. The number of quaternary nitrogens is 1. The molecule has 2 aliphatic rings. The van der Waals surface area contributed by atoms with E-state index in [4.69, 9.17) is 9.47 Å². The van der Waals surface area contributed by atoms with Crippen molar-refractivity contribution in [3.05, 3.63) is 41.1 Å². The van der Waals surface area contributed by atoms with Gasteiger partial charge in [-0.1, -0.05) is 18.6 Å². The highest BCUT2D eigenvalue weighted by molar-refractivity contribution is 5.95. The highest BCUT2D eigenvalue weighted by Gasteiger charge is 2.34. The van der Waals surface area contributed by atoms with Crippen molar-refractivity contribution in [2.75, 3.05) is 20.3 Å². The Labute approximate surface area is 165 Å². The van der Waals surface area contributed by atoms with E-state index < -0.39 is 12.0 Å². The molecule has 0 unspecified atom stereocenters. The van der Waals surface area contributed by atoms with E-state index in [0.717, 1.165) is 11.3 Å². The average molecular weight is 388 g/mol. The second-order valence-corrected chi connectivity index (χ2v) is 7.26. The van der Waals surface area contributed by atoms with Crippen LogP contribution < -0.4 is 20.7 Å². The van der Waals surface area contributed by atoms with Crippen LogP contribution in [-0.4, -0.2) is 38.3 Å². The zero-order valence-electron chi connectivity index (χ0n) is 16.6. The van der Waals surface area contributed by atoms with E-state index in [1.54, 1.807) is 14.0 Å². The van der Waals surface area contributed by atoms with Gasteiger partial charge in [0.25, 0.3) is 0 Å². The first-order valence-corrected chi connectivity index (χ1v) is 10.1. The predicted molar refractivity (Wildman–Crippen MR) is 105 cm³/mol. The predicted octanol–water partition coefficient (Wildman–Crippen LogP) is 1.76. The topological polar surface area (TPSA) is 93.3 Å². The summed E-state index contributed by atoms with van der Waals surface area (Å²) in [6.45, 7) is 2.62. The van der Waals surface area contributed by atoms with Crippen molar-refractivity contribution in [3.63, 3.8) is 0 Å². The van der Waals surface area contributed by atoms with Gasteiger partial charge in [0.15, 0.2) is 0 Å². The molecule has 0 radical (unpaired) electrons. The zero-order chi connectivity index (χ0) is 19.9. The van der Waals surface area contributed by atoms with Crippen molar-refractivity contribution in [3.8, 4) is 5.75 Å². The molecule has 1 aliphatic heterocycles. The second kappa shape index (κ2) is 9.59. The summed E-state index contributed by atoms with van der Waals surface area (Å²) >= 11 is 0. The van der Waals surface area contributed by atoms with Crippen molar-refractivity contribution >= 4 is 12.0 Å². The first-order valence-electron chi connectivity index (χ1n) is 10.1. The number of urea groups is 1. The highest BCUT2D eigenvalue weighted by atomic mass is 16.5. The highest BCUT2D eigenvalue weighted by Crippen LogP contribution is 2.28. The zero-order valence-corrected chi connectivity index (χ0v) is 16.6. The molecule has 152 valence electrons. The Hall–Kier alpha value is -2.54. The lowest BCUT2D eigenvalue weighted by atomic mass is 9.93. The van der Waals surface area contributed by atoms with Crippen molar-refractivity contribution in [2.24, 2.45) is 0 Å². The van der Waals surface area contributed by atoms with Crippen LogP contribution >= 0.6 is 0 Å². The smallest absolute Gasteiger partial charge is 0.338 e. The molecular formula is C21H30N3O4+. The number of nitrogens with one attached hydrogen (secondary N) is 2. The average Bonchev–Trinajstić information content (AvgIpc) is 2.72. The fourth-order valence-electron chi connectivity index (χ4n) is 3.93. The molecule has 4 N–H and O–H groups in total. The number of benzene rings is 1. The Bertz CT molecular complexity index is 724. The van der Waals surface area contributed by atoms with Gasteiger partial charge in [-0.05, 0) is 50.3 Å². The summed E-state index contributed by atoms with van der Waals surface area (Å²) in [7, 11) is 1.60. The molecule has 1 atom stereocenters. The number of carbonyl (C=O) groups excluding carboxylic acids is 2. The first-order chi connectivity index (χ1) is 13.6. The van der Waals surface area contributed by atoms with Gasteiger partial charge in [-0.3, -0.25) is 0 Å². The Morgan fingerprint density at radius 1 is 1.18 bits per heavy atom. The monoisotopic (exact) mass is 388 g/mol. The minimum atomic E-state index is -0.548. The van der Waals surface area contributed by atoms with Crippen molar-refractivity contribution in [2.45, 2.75) is 51.1 Å². The molecular weight excluding hydrogens is 358 g/mol. The molecule has 0 bridgehead atoms. The number of rotatable bonds is 7. The summed E-state index contributed by atoms with van der Waals surface area (Å²) in [5.41, 5.74) is 1.92. The van der Waals surface area contributed by atoms with Gasteiger partial charge >= 0.3 is 12.0 Å². The minimum absolute atomic E-state index is 0.283. The number of hydrogen-bond acceptors (Lipinski definition) is 4. The van der Waals surface area contributed by atoms with Gasteiger partial charge in [0, 0.05) is 0 Å². The van der Waals surface area contributed by atoms with E-state index >= 15 is 0 Å².